The van der Waals surface area contributed by atoms with E-state index in [-0.39, 0.29) is 23.9 Å². The van der Waals surface area contributed by atoms with Crippen LogP contribution in [0.5, 0.6) is 5.75 Å². The molecule has 0 aliphatic heterocycles. The van der Waals surface area contributed by atoms with E-state index in [1.54, 1.807) is 10.6 Å². The number of aryl methyl sites for hydroxylation is 2. The summed E-state index contributed by atoms with van der Waals surface area (Å²) in [6.45, 7) is 6.64. The molecule has 0 spiro atoms. The van der Waals surface area contributed by atoms with Crippen LogP contribution in [0.15, 0.2) is 41.2 Å². The Bertz CT molecular complexity index is 1380. The number of carbonyl (C=O) groups is 1. The molecular weight excluding hydrogens is 380 g/mol. The van der Waals surface area contributed by atoms with Crippen molar-refractivity contribution >= 4 is 22.5 Å². The monoisotopic (exact) mass is 402 g/mol. The molecule has 1 atom stereocenters. The van der Waals surface area contributed by atoms with Crippen LogP contribution < -0.4 is 10.3 Å². The number of carbonyl (C=O) groups excluding carboxylic acids is 1. The van der Waals surface area contributed by atoms with Gasteiger partial charge in [-0.15, -0.1) is 10.2 Å². The summed E-state index contributed by atoms with van der Waals surface area (Å²) >= 11 is 0. The van der Waals surface area contributed by atoms with Crippen molar-refractivity contribution in [2.75, 3.05) is 0 Å². The van der Waals surface area contributed by atoms with E-state index < -0.39 is 0 Å². The molecule has 1 aliphatic rings. The molecular formula is C23H22N4O3. The first kappa shape index (κ1) is 18.5. The molecule has 1 unspecified atom stereocenters. The molecule has 0 fully saturated rings. The number of hydrogen-bond acceptors (Lipinski definition) is 5. The van der Waals surface area contributed by atoms with Gasteiger partial charge in [0.25, 0.3) is 5.56 Å². The number of aromatic nitrogens is 4. The van der Waals surface area contributed by atoms with Crippen LogP contribution in [-0.2, 0) is 13.2 Å². The molecule has 7 heteroatoms. The van der Waals surface area contributed by atoms with E-state index in [2.05, 4.69) is 17.1 Å². The first-order valence-electron chi connectivity index (χ1n) is 10.2. The summed E-state index contributed by atoms with van der Waals surface area (Å²) in [7, 11) is 0. The van der Waals surface area contributed by atoms with Crippen molar-refractivity contribution in [3.05, 3.63) is 69.3 Å². The average Bonchev–Trinajstić information content (AvgIpc) is 3.29. The lowest BCUT2D eigenvalue weighted by molar-refractivity contribution is 0.0986. The Balaban J connectivity index is 1.61. The fraction of sp³-hybridized carbons (Fsp3) is 0.304. The Morgan fingerprint density at radius 2 is 1.93 bits per heavy atom. The Hall–Kier alpha value is -3.48. The summed E-state index contributed by atoms with van der Waals surface area (Å²) in [5.74, 6) is 1.96. The van der Waals surface area contributed by atoms with Crippen molar-refractivity contribution in [1.82, 2.24) is 19.2 Å². The molecule has 30 heavy (non-hydrogen) atoms. The molecule has 152 valence electrons. The quantitative estimate of drug-likeness (QED) is 0.521. The highest BCUT2D eigenvalue weighted by molar-refractivity contribution is 6.04. The molecule has 0 N–H and O–H groups in total. The van der Waals surface area contributed by atoms with Crippen LogP contribution in [-0.4, -0.2) is 24.9 Å². The van der Waals surface area contributed by atoms with Gasteiger partial charge >= 0.3 is 0 Å². The van der Waals surface area contributed by atoms with E-state index in [9.17, 15) is 9.59 Å². The number of hydrogen-bond donors (Lipinski definition) is 0. The van der Waals surface area contributed by atoms with Crippen molar-refractivity contribution in [3.8, 4) is 5.75 Å². The topological polar surface area (TPSA) is 78.5 Å². The number of Topliss-reactive ketones (excluding diaryl/α,β-unsaturated/α-hetero) is 1. The molecule has 2 aromatic carbocycles. The molecule has 0 saturated carbocycles. The molecule has 7 nitrogen and oxygen atoms in total. The number of nitrogens with zero attached hydrogens (tertiary/aromatic N) is 4. The van der Waals surface area contributed by atoms with Gasteiger partial charge in [0.15, 0.2) is 11.6 Å². The zero-order chi connectivity index (χ0) is 21.0. The maximum atomic E-state index is 12.8. The highest BCUT2D eigenvalue weighted by Crippen LogP contribution is 2.40. The van der Waals surface area contributed by atoms with Crippen molar-refractivity contribution in [2.45, 2.75) is 46.3 Å². The van der Waals surface area contributed by atoms with E-state index in [0.29, 0.717) is 41.3 Å². The summed E-state index contributed by atoms with van der Waals surface area (Å²) in [6.07, 6.45) is 0.512. The van der Waals surface area contributed by atoms with Crippen LogP contribution in [0.25, 0.3) is 16.7 Å². The van der Waals surface area contributed by atoms with E-state index >= 15 is 0 Å². The number of para-hydroxylation sites is 1. The minimum Gasteiger partial charge on any atom is -0.485 e. The molecule has 4 aromatic rings. The summed E-state index contributed by atoms with van der Waals surface area (Å²) in [6, 6.07) is 11.3. The maximum Gasteiger partial charge on any atom is 0.262 e. The molecule has 5 rings (SSSR count). The molecule has 0 radical (unpaired) electrons. The Labute approximate surface area is 172 Å². The first-order chi connectivity index (χ1) is 14.5. The number of ketones is 1. The van der Waals surface area contributed by atoms with Crippen molar-refractivity contribution < 1.29 is 9.53 Å². The molecule has 0 saturated heterocycles. The number of fused-ring (bicyclic) bond motifs is 4. The minimum absolute atomic E-state index is 0.0867. The third-order valence-electron chi connectivity index (χ3n) is 5.94. The van der Waals surface area contributed by atoms with Crippen LogP contribution in [0.4, 0.5) is 0 Å². The van der Waals surface area contributed by atoms with E-state index in [1.165, 1.54) is 0 Å². The highest BCUT2D eigenvalue weighted by atomic mass is 16.5. The Morgan fingerprint density at radius 3 is 2.73 bits per heavy atom. The lowest BCUT2D eigenvalue weighted by atomic mass is 9.97. The second kappa shape index (κ2) is 6.79. The van der Waals surface area contributed by atoms with Gasteiger partial charge in [0.1, 0.15) is 12.4 Å². The number of rotatable bonds is 4. The van der Waals surface area contributed by atoms with Gasteiger partial charge in [0, 0.05) is 13.0 Å². The van der Waals surface area contributed by atoms with Crippen molar-refractivity contribution in [2.24, 2.45) is 0 Å². The molecule has 2 aromatic heterocycles. The highest BCUT2D eigenvalue weighted by Gasteiger charge is 2.31. The van der Waals surface area contributed by atoms with Crippen LogP contribution in [0.2, 0.25) is 0 Å². The summed E-state index contributed by atoms with van der Waals surface area (Å²) < 4.78 is 9.56. The van der Waals surface area contributed by atoms with E-state index in [1.807, 2.05) is 48.6 Å². The van der Waals surface area contributed by atoms with Gasteiger partial charge in [-0.3, -0.25) is 18.6 Å². The average molecular weight is 402 g/mol. The van der Waals surface area contributed by atoms with Gasteiger partial charge in [-0.2, -0.15) is 0 Å². The third-order valence-corrected chi connectivity index (χ3v) is 5.94. The largest absolute Gasteiger partial charge is 0.485 e. The minimum atomic E-state index is -0.0867. The van der Waals surface area contributed by atoms with Gasteiger partial charge in [-0.25, -0.2) is 0 Å². The van der Waals surface area contributed by atoms with Crippen LogP contribution in [0.1, 0.15) is 53.5 Å². The molecule has 1 aliphatic carbocycles. The van der Waals surface area contributed by atoms with Gasteiger partial charge in [-0.1, -0.05) is 25.1 Å². The second-order valence-corrected chi connectivity index (χ2v) is 7.80. The molecule has 0 bridgehead atoms. The number of benzene rings is 2. The van der Waals surface area contributed by atoms with Crippen molar-refractivity contribution in [3.63, 3.8) is 0 Å². The van der Waals surface area contributed by atoms with Gasteiger partial charge in [0.2, 0.25) is 5.78 Å². The van der Waals surface area contributed by atoms with Gasteiger partial charge < -0.3 is 4.74 Å². The fourth-order valence-corrected chi connectivity index (χ4v) is 4.56. The lowest BCUT2D eigenvalue weighted by Crippen LogP contribution is -2.22. The van der Waals surface area contributed by atoms with Gasteiger partial charge in [-0.05, 0) is 49.1 Å². The number of ether oxygens (including phenoxy) is 1. The van der Waals surface area contributed by atoms with Crippen LogP contribution in [0.3, 0.4) is 0 Å². The van der Waals surface area contributed by atoms with Crippen LogP contribution in [0, 0.1) is 6.92 Å². The molecule has 0 amide bonds. The first-order valence-corrected chi connectivity index (χ1v) is 10.2. The van der Waals surface area contributed by atoms with E-state index in [0.717, 1.165) is 16.6 Å². The molecule has 2 heterocycles. The summed E-state index contributed by atoms with van der Waals surface area (Å²) in [5.41, 5.74) is 3.53. The zero-order valence-electron chi connectivity index (χ0n) is 17.2. The van der Waals surface area contributed by atoms with Crippen molar-refractivity contribution in [1.29, 1.82) is 0 Å². The SMILES string of the molecule is CCn1c(=O)c2ccccc2n2c(COc3ccc(C)c4c3C(=O)CC4C)nnc12. The van der Waals surface area contributed by atoms with E-state index in [4.69, 9.17) is 4.74 Å². The predicted octanol–water partition coefficient (Wildman–Crippen LogP) is 3.64. The fourth-order valence-electron chi connectivity index (χ4n) is 4.56. The van der Waals surface area contributed by atoms with Gasteiger partial charge in [0.05, 0.1) is 16.5 Å². The smallest absolute Gasteiger partial charge is 0.262 e. The second-order valence-electron chi connectivity index (χ2n) is 7.80. The standard InChI is InChI=1S/C23H22N4O3/c1-4-26-22(29)15-7-5-6-8-16(15)27-19(24-25-23(26)27)12-30-18-10-9-13(2)20-14(3)11-17(28)21(18)20/h5-10,14H,4,11-12H2,1-3H3. The summed E-state index contributed by atoms with van der Waals surface area (Å²) in [4.78, 5) is 25.4. The lowest BCUT2D eigenvalue weighted by Gasteiger charge is -2.13. The predicted molar refractivity (Wildman–Crippen MR) is 113 cm³/mol. The Kier molecular flexibility index (Phi) is 4.20. The van der Waals surface area contributed by atoms with Crippen LogP contribution >= 0.6 is 0 Å². The maximum absolute atomic E-state index is 12.8. The Morgan fingerprint density at radius 1 is 1.13 bits per heavy atom. The zero-order valence-corrected chi connectivity index (χ0v) is 17.2. The summed E-state index contributed by atoms with van der Waals surface area (Å²) in [5, 5.41) is 9.16. The third kappa shape index (κ3) is 2.58. The normalized spacial score (nSPS) is 15.8.